The van der Waals surface area contributed by atoms with Crippen LogP contribution in [0.5, 0.6) is 0 Å². The van der Waals surface area contributed by atoms with Gasteiger partial charge in [0.25, 0.3) is 0 Å². The molecule has 0 amide bonds. The fraction of sp³-hybridized carbons (Fsp3) is 0.333. The van der Waals surface area contributed by atoms with Crippen molar-refractivity contribution in [2.75, 3.05) is 5.32 Å². The SMILES string of the molecule is Clc1cc(NCc2ccsc2)nc(C2CC2)n1. The lowest BCUT2D eigenvalue weighted by atomic mass is 10.3. The predicted molar refractivity (Wildman–Crippen MR) is 70.7 cm³/mol. The van der Waals surface area contributed by atoms with Crippen molar-refractivity contribution in [2.45, 2.75) is 25.3 Å². The Labute approximate surface area is 109 Å². The van der Waals surface area contributed by atoms with E-state index < -0.39 is 0 Å². The molecule has 0 radical (unpaired) electrons. The molecule has 88 valence electrons. The number of rotatable bonds is 4. The molecule has 0 aliphatic heterocycles. The summed E-state index contributed by atoms with van der Waals surface area (Å²) in [5.74, 6) is 2.22. The Bertz CT molecular complexity index is 508. The van der Waals surface area contributed by atoms with Crippen molar-refractivity contribution < 1.29 is 0 Å². The number of hydrogen-bond donors (Lipinski definition) is 1. The van der Waals surface area contributed by atoms with Gasteiger partial charge in [0.05, 0.1) is 0 Å². The summed E-state index contributed by atoms with van der Waals surface area (Å²) >= 11 is 7.69. The highest BCUT2D eigenvalue weighted by atomic mass is 35.5. The van der Waals surface area contributed by atoms with Crippen LogP contribution in [0.2, 0.25) is 5.15 Å². The topological polar surface area (TPSA) is 37.8 Å². The highest BCUT2D eigenvalue weighted by molar-refractivity contribution is 7.07. The third kappa shape index (κ3) is 2.76. The van der Waals surface area contributed by atoms with E-state index in [2.05, 4.69) is 32.1 Å². The van der Waals surface area contributed by atoms with E-state index in [0.717, 1.165) is 18.2 Å². The summed E-state index contributed by atoms with van der Waals surface area (Å²) in [5, 5.41) is 8.00. The summed E-state index contributed by atoms with van der Waals surface area (Å²) in [5.41, 5.74) is 1.26. The molecule has 1 N–H and O–H groups in total. The van der Waals surface area contributed by atoms with Crippen molar-refractivity contribution >= 4 is 28.8 Å². The molecule has 0 aromatic carbocycles. The lowest BCUT2D eigenvalue weighted by Crippen LogP contribution is -2.03. The van der Waals surface area contributed by atoms with E-state index in [1.165, 1.54) is 18.4 Å². The molecule has 0 saturated heterocycles. The van der Waals surface area contributed by atoms with Crippen LogP contribution in [-0.4, -0.2) is 9.97 Å². The van der Waals surface area contributed by atoms with Crippen LogP contribution >= 0.6 is 22.9 Å². The normalized spacial score (nSPS) is 14.9. The molecule has 3 nitrogen and oxygen atoms in total. The molecule has 5 heteroatoms. The second-order valence-electron chi connectivity index (χ2n) is 4.19. The highest BCUT2D eigenvalue weighted by Crippen LogP contribution is 2.38. The van der Waals surface area contributed by atoms with Gasteiger partial charge in [0, 0.05) is 18.5 Å². The third-order valence-electron chi connectivity index (χ3n) is 2.71. The van der Waals surface area contributed by atoms with Crippen LogP contribution in [0.3, 0.4) is 0 Å². The third-order valence-corrected chi connectivity index (χ3v) is 3.63. The summed E-state index contributed by atoms with van der Waals surface area (Å²) in [6, 6.07) is 3.88. The van der Waals surface area contributed by atoms with E-state index in [0.29, 0.717) is 11.1 Å². The fourth-order valence-electron chi connectivity index (χ4n) is 1.64. The number of halogens is 1. The van der Waals surface area contributed by atoms with Gasteiger partial charge in [-0.3, -0.25) is 0 Å². The largest absolute Gasteiger partial charge is 0.366 e. The van der Waals surface area contributed by atoms with Crippen molar-refractivity contribution in [3.05, 3.63) is 39.4 Å². The molecule has 2 aromatic heterocycles. The van der Waals surface area contributed by atoms with Crippen LogP contribution in [0, 0.1) is 0 Å². The molecule has 0 spiro atoms. The Morgan fingerprint density at radius 1 is 1.41 bits per heavy atom. The number of hydrogen-bond acceptors (Lipinski definition) is 4. The Morgan fingerprint density at radius 3 is 3.00 bits per heavy atom. The molecule has 1 aliphatic carbocycles. The van der Waals surface area contributed by atoms with Gasteiger partial charge in [-0.25, -0.2) is 9.97 Å². The zero-order valence-corrected chi connectivity index (χ0v) is 10.8. The van der Waals surface area contributed by atoms with Gasteiger partial charge in [0.15, 0.2) is 0 Å². The maximum atomic E-state index is 5.99. The monoisotopic (exact) mass is 265 g/mol. The average molecular weight is 266 g/mol. The van der Waals surface area contributed by atoms with Gasteiger partial charge < -0.3 is 5.32 Å². The Balaban J connectivity index is 1.73. The minimum atomic E-state index is 0.523. The minimum absolute atomic E-state index is 0.523. The van der Waals surface area contributed by atoms with Crippen LogP contribution in [0.25, 0.3) is 0 Å². The molecule has 2 heterocycles. The zero-order chi connectivity index (χ0) is 11.7. The summed E-state index contributed by atoms with van der Waals surface area (Å²) in [4.78, 5) is 8.75. The molecule has 17 heavy (non-hydrogen) atoms. The molecule has 0 unspecified atom stereocenters. The first-order chi connectivity index (χ1) is 8.31. The van der Waals surface area contributed by atoms with Crippen LogP contribution in [0.15, 0.2) is 22.9 Å². The zero-order valence-electron chi connectivity index (χ0n) is 9.19. The first-order valence-electron chi connectivity index (χ1n) is 5.61. The van der Waals surface area contributed by atoms with Crippen LogP contribution in [-0.2, 0) is 6.54 Å². The number of nitrogens with zero attached hydrogens (tertiary/aromatic N) is 2. The summed E-state index contributed by atoms with van der Waals surface area (Å²) in [7, 11) is 0. The number of nitrogens with one attached hydrogen (secondary N) is 1. The molecule has 1 saturated carbocycles. The van der Waals surface area contributed by atoms with Gasteiger partial charge in [-0.2, -0.15) is 11.3 Å². The van der Waals surface area contributed by atoms with Crippen LogP contribution in [0.1, 0.15) is 30.1 Å². The quantitative estimate of drug-likeness (QED) is 0.857. The van der Waals surface area contributed by atoms with E-state index in [1.807, 2.05) is 0 Å². The predicted octanol–water partition coefficient (Wildman–Crippen LogP) is 3.68. The first-order valence-corrected chi connectivity index (χ1v) is 6.93. The van der Waals surface area contributed by atoms with Gasteiger partial charge >= 0.3 is 0 Å². The maximum Gasteiger partial charge on any atom is 0.135 e. The van der Waals surface area contributed by atoms with E-state index in [9.17, 15) is 0 Å². The highest BCUT2D eigenvalue weighted by Gasteiger charge is 2.27. The molecular formula is C12H12ClN3S. The Kier molecular flexibility index (Phi) is 2.99. The second kappa shape index (κ2) is 4.63. The van der Waals surface area contributed by atoms with Gasteiger partial charge in [0.1, 0.15) is 16.8 Å². The Hall–Kier alpha value is -1.13. The van der Waals surface area contributed by atoms with E-state index in [1.54, 1.807) is 17.4 Å². The number of aromatic nitrogens is 2. The van der Waals surface area contributed by atoms with Crippen molar-refractivity contribution in [3.8, 4) is 0 Å². The first kappa shape index (κ1) is 11.0. The molecular weight excluding hydrogens is 254 g/mol. The average Bonchev–Trinajstić information content (AvgIpc) is 3.04. The van der Waals surface area contributed by atoms with Gasteiger partial charge in [-0.1, -0.05) is 11.6 Å². The van der Waals surface area contributed by atoms with E-state index in [4.69, 9.17) is 11.6 Å². The lowest BCUT2D eigenvalue weighted by molar-refractivity contribution is 0.921. The maximum absolute atomic E-state index is 5.99. The lowest BCUT2D eigenvalue weighted by Gasteiger charge is -2.06. The fourth-order valence-corrected chi connectivity index (χ4v) is 2.49. The van der Waals surface area contributed by atoms with Crippen LogP contribution in [0.4, 0.5) is 5.82 Å². The number of thiophene rings is 1. The van der Waals surface area contributed by atoms with Crippen molar-refractivity contribution in [2.24, 2.45) is 0 Å². The smallest absolute Gasteiger partial charge is 0.135 e. The van der Waals surface area contributed by atoms with E-state index in [-0.39, 0.29) is 0 Å². The summed E-state index contributed by atoms with van der Waals surface area (Å²) in [6.45, 7) is 0.779. The summed E-state index contributed by atoms with van der Waals surface area (Å²) in [6.07, 6.45) is 2.37. The molecule has 2 aromatic rings. The summed E-state index contributed by atoms with van der Waals surface area (Å²) < 4.78 is 0. The van der Waals surface area contributed by atoms with Crippen molar-refractivity contribution in [1.29, 1.82) is 0 Å². The standard InChI is InChI=1S/C12H12ClN3S/c13-10-5-11(14-6-8-3-4-17-7-8)16-12(15-10)9-1-2-9/h3-5,7,9H,1-2,6H2,(H,14,15,16). The second-order valence-corrected chi connectivity index (χ2v) is 5.36. The van der Waals surface area contributed by atoms with Gasteiger partial charge in [-0.15, -0.1) is 0 Å². The minimum Gasteiger partial charge on any atom is -0.366 e. The Morgan fingerprint density at radius 2 is 2.29 bits per heavy atom. The van der Waals surface area contributed by atoms with Gasteiger partial charge in [0.2, 0.25) is 0 Å². The van der Waals surface area contributed by atoms with Crippen molar-refractivity contribution in [1.82, 2.24) is 9.97 Å². The number of anilines is 1. The molecule has 0 atom stereocenters. The molecule has 1 fully saturated rings. The molecule has 1 aliphatic rings. The van der Waals surface area contributed by atoms with Crippen molar-refractivity contribution in [3.63, 3.8) is 0 Å². The van der Waals surface area contributed by atoms with Crippen LogP contribution < -0.4 is 5.32 Å². The van der Waals surface area contributed by atoms with Gasteiger partial charge in [-0.05, 0) is 35.2 Å². The molecule has 0 bridgehead atoms. The van der Waals surface area contributed by atoms with E-state index >= 15 is 0 Å². The molecule has 3 rings (SSSR count).